The fraction of sp³-hybridized carbons (Fsp3) is 0.733. The fourth-order valence-electron chi connectivity index (χ4n) is 2.78. The zero-order valence-electron chi connectivity index (χ0n) is 12.1. The molecule has 3 atom stereocenters. The number of carbonyl (C=O) groups is 2. The summed E-state index contributed by atoms with van der Waals surface area (Å²) in [6.07, 6.45) is 8.19. The molecule has 0 heterocycles. The molecule has 4 heteroatoms. The minimum absolute atomic E-state index is 0.0614. The van der Waals surface area contributed by atoms with Gasteiger partial charge in [0, 0.05) is 19.3 Å². The molecule has 1 aliphatic rings. The van der Waals surface area contributed by atoms with Crippen LogP contribution in [0.1, 0.15) is 46.0 Å². The molecular formula is C15H24O4. The van der Waals surface area contributed by atoms with E-state index in [9.17, 15) is 9.59 Å². The molecule has 1 rings (SSSR count). The lowest BCUT2D eigenvalue weighted by Crippen LogP contribution is -2.25. The molecule has 0 bridgehead atoms. The largest absolute Gasteiger partial charge is 0.469 e. The normalized spacial score (nSPS) is 26.6. The predicted molar refractivity (Wildman–Crippen MR) is 72.4 cm³/mol. The van der Waals surface area contributed by atoms with Gasteiger partial charge in [0.1, 0.15) is 6.10 Å². The van der Waals surface area contributed by atoms with Gasteiger partial charge < -0.3 is 9.47 Å². The molecule has 108 valence electrons. The predicted octanol–water partition coefficient (Wildman–Crippen LogP) is 2.86. The average molecular weight is 268 g/mol. The Bertz CT molecular complexity index is 335. The Kier molecular flexibility index (Phi) is 6.60. The molecule has 19 heavy (non-hydrogen) atoms. The first-order valence-electron chi connectivity index (χ1n) is 6.97. The number of methoxy groups -OCH3 is 1. The number of ether oxygens (including phenoxy) is 2. The van der Waals surface area contributed by atoms with Crippen LogP contribution in [0.15, 0.2) is 12.2 Å². The van der Waals surface area contributed by atoms with Crippen LogP contribution >= 0.6 is 0 Å². The molecule has 4 nitrogen and oxygen atoms in total. The summed E-state index contributed by atoms with van der Waals surface area (Å²) in [7, 11) is 1.41. The van der Waals surface area contributed by atoms with Crippen LogP contribution in [0.25, 0.3) is 0 Å². The molecule has 0 aromatic carbocycles. The van der Waals surface area contributed by atoms with Gasteiger partial charge >= 0.3 is 11.9 Å². The first kappa shape index (κ1) is 15.7. The first-order valence-corrected chi connectivity index (χ1v) is 6.97. The van der Waals surface area contributed by atoms with Crippen molar-refractivity contribution in [1.29, 1.82) is 0 Å². The number of hydrogen-bond acceptors (Lipinski definition) is 4. The Labute approximate surface area is 115 Å². The minimum atomic E-state index is -0.242. The molecule has 0 aromatic heterocycles. The number of hydrogen-bond donors (Lipinski definition) is 0. The van der Waals surface area contributed by atoms with E-state index in [1.807, 2.05) is 0 Å². The monoisotopic (exact) mass is 268 g/mol. The maximum atomic E-state index is 11.4. The van der Waals surface area contributed by atoms with Crippen LogP contribution < -0.4 is 0 Å². The van der Waals surface area contributed by atoms with Gasteiger partial charge in [0.15, 0.2) is 0 Å². The van der Waals surface area contributed by atoms with Crippen molar-refractivity contribution in [2.45, 2.75) is 52.1 Å². The SMILES string of the molecule is CC/C=C\C[C@@H]1[C@@H](CC(=O)OC)CC[C@@H]1OC(C)=O. The molecule has 0 spiro atoms. The molecule has 1 saturated carbocycles. The van der Waals surface area contributed by atoms with Gasteiger partial charge in [-0.25, -0.2) is 0 Å². The van der Waals surface area contributed by atoms with Crippen LogP contribution in [0.4, 0.5) is 0 Å². The second-order valence-corrected chi connectivity index (χ2v) is 5.04. The van der Waals surface area contributed by atoms with Gasteiger partial charge in [-0.15, -0.1) is 0 Å². The highest BCUT2D eigenvalue weighted by Gasteiger charge is 2.38. The average Bonchev–Trinajstić information content (AvgIpc) is 2.72. The topological polar surface area (TPSA) is 52.6 Å². The molecule has 0 amide bonds. The van der Waals surface area contributed by atoms with E-state index in [4.69, 9.17) is 9.47 Å². The molecule has 0 aliphatic heterocycles. The van der Waals surface area contributed by atoms with E-state index < -0.39 is 0 Å². The Morgan fingerprint density at radius 3 is 2.58 bits per heavy atom. The van der Waals surface area contributed by atoms with E-state index in [2.05, 4.69) is 19.1 Å². The molecule has 0 unspecified atom stereocenters. The number of rotatable bonds is 6. The van der Waals surface area contributed by atoms with Crippen LogP contribution in [0.2, 0.25) is 0 Å². The molecule has 0 aromatic rings. The first-order chi connectivity index (χ1) is 9.08. The Morgan fingerprint density at radius 1 is 1.26 bits per heavy atom. The van der Waals surface area contributed by atoms with Crippen LogP contribution in [0.5, 0.6) is 0 Å². The second-order valence-electron chi connectivity index (χ2n) is 5.04. The zero-order valence-corrected chi connectivity index (χ0v) is 12.1. The van der Waals surface area contributed by atoms with Gasteiger partial charge in [0.25, 0.3) is 0 Å². The van der Waals surface area contributed by atoms with Gasteiger partial charge in [0.2, 0.25) is 0 Å². The summed E-state index contributed by atoms with van der Waals surface area (Å²) in [5, 5.41) is 0. The lowest BCUT2D eigenvalue weighted by molar-refractivity contribution is -0.148. The lowest BCUT2D eigenvalue weighted by atomic mass is 9.89. The van der Waals surface area contributed by atoms with Crippen LogP contribution in [-0.4, -0.2) is 25.2 Å². The molecular weight excluding hydrogens is 244 g/mol. The summed E-state index contributed by atoms with van der Waals surface area (Å²) in [5.74, 6) is 0.0511. The fourth-order valence-corrected chi connectivity index (χ4v) is 2.78. The Morgan fingerprint density at radius 2 is 2.00 bits per heavy atom. The van der Waals surface area contributed by atoms with E-state index in [-0.39, 0.29) is 29.9 Å². The molecule has 1 fully saturated rings. The van der Waals surface area contributed by atoms with Crippen molar-refractivity contribution in [3.05, 3.63) is 12.2 Å². The smallest absolute Gasteiger partial charge is 0.305 e. The quantitative estimate of drug-likeness (QED) is 0.549. The zero-order chi connectivity index (χ0) is 14.3. The molecule has 0 saturated heterocycles. The summed E-state index contributed by atoms with van der Waals surface area (Å²) in [5.41, 5.74) is 0. The minimum Gasteiger partial charge on any atom is -0.469 e. The lowest BCUT2D eigenvalue weighted by Gasteiger charge is -2.22. The summed E-state index contributed by atoms with van der Waals surface area (Å²) in [4.78, 5) is 22.6. The van der Waals surface area contributed by atoms with Gasteiger partial charge in [-0.05, 0) is 31.6 Å². The van der Waals surface area contributed by atoms with E-state index in [0.717, 1.165) is 25.7 Å². The van der Waals surface area contributed by atoms with Crippen molar-refractivity contribution < 1.29 is 19.1 Å². The number of allylic oxidation sites excluding steroid dienone is 2. The van der Waals surface area contributed by atoms with Gasteiger partial charge in [-0.3, -0.25) is 9.59 Å². The molecule has 0 radical (unpaired) electrons. The standard InChI is InChI=1S/C15H24O4/c1-4-5-6-7-13-12(10-15(17)18-3)8-9-14(13)19-11(2)16/h5-6,12-14H,4,7-10H2,1-3H3/b6-5-/t12-,13-,14+/m1/s1. The number of esters is 2. The van der Waals surface area contributed by atoms with E-state index in [0.29, 0.717) is 6.42 Å². The third kappa shape index (κ3) is 5.05. The maximum Gasteiger partial charge on any atom is 0.305 e. The van der Waals surface area contributed by atoms with Crippen molar-refractivity contribution in [2.24, 2.45) is 11.8 Å². The highest BCUT2D eigenvalue weighted by Crippen LogP contribution is 2.39. The third-order valence-electron chi connectivity index (χ3n) is 3.69. The van der Waals surface area contributed by atoms with Gasteiger partial charge in [0.05, 0.1) is 7.11 Å². The summed E-state index contributed by atoms with van der Waals surface area (Å²) < 4.78 is 10.1. The van der Waals surface area contributed by atoms with E-state index >= 15 is 0 Å². The molecule has 0 N–H and O–H groups in total. The van der Waals surface area contributed by atoms with E-state index in [1.165, 1.54) is 14.0 Å². The van der Waals surface area contributed by atoms with Crippen molar-refractivity contribution in [2.75, 3.05) is 7.11 Å². The molecule has 1 aliphatic carbocycles. The van der Waals surface area contributed by atoms with Crippen molar-refractivity contribution >= 4 is 11.9 Å². The third-order valence-corrected chi connectivity index (χ3v) is 3.69. The van der Waals surface area contributed by atoms with Crippen LogP contribution in [-0.2, 0) is 19.1 Å². The highest BCUT2D eigenvalue weighted by molar-refractivity contribution is 5.69. The second kappa shape index (κ2) is 7.97. The van der Waals surface area contributed by atoms with Crippen LogP contribution in [0.3, 0.4) is 0 Å². The summed E-state index contributed by atoms with van der Waals surface area (Å²) in [6, 6.07) is 0. The Hall–Kier alpha value is -1.32. The van der Waals surface area contributed by atoms with Gasteiger partial charge in [-0.1, -0.05) is 19.1 Å². The van der Waals surface area contributed by atoms with E-state index in [1.54, 1.807) is 0 Å². The highest BCUT2D eigenvalue weighted by atomic mass is 16.5. The van der Waals surface area contributed by atoms with Gasteiger partial charge in [-0.2, -0.15) is 0 Å². The summed E-state index contributed by atoms with van der Waals surface area (Å²) >= 11 is 0. The Balaban J connectivity index is 2.65. The van der Waals surface area contributed by atoms with Crippen molar-refractivity contribution in [3.63, 3.8) is 0 Å². The summed E-state index contributed by atoms with van der Waals surface area (Å²) in [6.45, 7) is 3.52. The number of carbonyl (C=O) groups excluding carboxylic acids is 2. The van der Waals surface area contributed by atoms with Crippen molar-refractivity contribution in [3.8, 4) is 0 Å². The van der Waals surface area contributed by atoms with Crippen LogP contribution in [0, 0.1) is 11.8 Å². The maximum absolute atomic E-state index is 11.4. The van der Waals surface area contributed by atoms with Crippen molar-refractivity contribution in [1.82, 2.24) is 0 Å².